The summed E-state index contributed by atoms with van der Waals surface area (Å²) in [6.07, 6.45) is 5.50. The van der Waals surface area contributed by atoms with Crippen LogP contribution in [0.5, 0.6) is 0 Å². The van der Waals surface area contributed by atoms with Gasteiger partial charge in [0.05, 0.1) is 24.1 Å². The van der Waals surface area contributed by atoms with E-state index in [1.165, 1.54) is 12.1 Å². The molecule has 0 aliphatic rings. The molecular formula is C18H20ClFN6S. The lowest BCUT2D eigenvalue weighted by molar-refractivity contribution is 0.624. The van der Waals surface area contributed by atoms with Crippen LogP contribution < -0.4 is 10.6 Å². The molecule has 0 unspecified atom stereocenters. The second kappa shape index (κ2) is 8.49. The van der Waals surface area contributed by atoms with E-state index in [1.54, 1.807) is 16.9 Å². The Morgan fingerprint density at radius 2 is 2.07 bits per heavy atom. The van der Waals surface area contributed by atoms with E-state index in [-0.39, 0.29) is 5.82 Å². The number of anilines is 1. The van der Waals surface area contributed by atoms with Crippen LogP contribution in [-0.4, -0.2) is 24.7 Å². The topological polar surface area (TPSA) is 59.7 Å². The Bertz CT molecular complexity index is 951. The standard InChI is InChI=1S/C18H20ClFN6S/c1-3-25-10-14(12(2)24-25)7-21-18(27)23-16-8-22-26(11-16)9-13-4-5-15(20)6-17(13)19/h4-6,8,10-11H,3,7,9H2,1-2H3,(H2,21,23,27). The van der Waals surface area contributed by atoms with Crippen LogP contribution in [0.15, 0.2) is 36.8 Å². The van der Waals surface area contributed by atoms with E-state index in [4.69, 9.17) is 23.8 Å². The van der Waals surface area contributed by atoms with Gasteiger partial charge in [-0.05, 0) is 43.8 Å². The van der Waals surface area contributed by atoms with Crippen molar-refractivity contribution in [2.75, 3.05) is 5.32 Å². The second-order valence-corrected chi connectivity index (χ2v) is 6.88. The molecule has 9 heteroatoms. The molecule has 0 bridgehead atoms. The van der Waals surface area contributed by atoms with Gasteiger partial charge in [0.15, 0.2) is 5.11 Å². The molecule has 2 N–H and O–H groups in total. The summed E-state index contributed by atoms with van der Waals surface area (Å²) in [5, 5.41) is 15.8. The Kier molecular flexibility index (Phi) is 6.08. The minimum absolute atomic E-state index is 0.359. The number of thiocarbonyl (C=S) groups is 1. The monoisotopic (exact) mass is 406 g/mol. The van der Waals surface area contributed by atoms with E-state index in [9.17, 15) is 4.39 Å². The zero-order valence-electron chi connectivity index (χ0n) is 15.0. The minimum atomic E-state index is -0.359. The zero-order chi connectivity index (χ0) is 19.4. The van der Waals surface area contributed by atoms with Gasteiger partial charge in [0.25, 0.3) is 0 Å². The van der Waals surface area contributed by atoms with Gasteiger partial charge >= 0.3 is 0 Å². The Morgan fingerprint density at radius 3 is 2.78 bits per heavy atom. The number of benzene rings is 1. The van der Waals surface area contributed by atoms with Gasteiger partial charge in [-0.2, -0.15) is 10.2 Å². The summed E-state index contributed by atoms with van der Waals surface area (Å²) in [5.74, 6) is -0.359. The van der Waals surface area contributed by atoms with Crippen LogP contribution in [0.25, 0.3) is 0 Å². The molecule has 3 rings (SSSR count). The summed E-state index contributed by atoms with van der Waals surface area (Å²) in [7, 11) is 0. The molecule has 3 aromatic rings. The van der Waals surface area contributed by atoms with Gasteiger partial charge in [0.1, 0.15) is 5.82 Å². The number of aromatic nitrogens is 4. The molecule has 0 spiro atoms. The molecule has 0 aliphatic heterocycles. The van der Waals surface area contributed by atoms with Crippen molar-refractivity contribution in [2.24, 2.45) is 0 Å². The van der Waals surface area contributed by atoms with Crippen molar-refractivity contribution in [3.8, 4) is 0 Å². The third-order valence-electron chi connectivity index (χ3n) is 4.05. The molecule has 0 aliphatic carbocycles. The summed E-state index contributed by atoms with van der Waals surface area (Å²) in [6.45, 7) is 5.89. The first-order chi connectivity index (χ1) is 12.9. The molecule has 0 amide bonds. The largest absolute Gasteiger partial charge is 0.358 e. The molecule has 0 fully saturated rings. The summed E-state index contributed by atoms with van der Waals surface area (Å²) in [6, 6.07) is 4.32. The number of hydrogen-bond donors (Lipinski definition) is 2. The first-order valence-electron chi connectivity index (χ1n) is 8.48. The van der Waals surface area contributed by atoms with Gasteiger partial charge in [-0.15, -0.1) is 0 Å². The normalized spacial score (nSPS) is 10.8. The van der Waals surface area contributed by atoms with Gasteiger partial charge in [-0.1, -0.05) is 17.7 Å². The molecule has 6 nitrogen and oxygen atoms in total. The van der Waals surface area contributed by atoms with Crippen molar-refractivity contribution in [3.05, 3.63) is 64.5 Å². The average Bonchev–Trinajstić information content (AvgIpc) is 3.21. The highest BCUT2D eigenvalue weighted by atomic mass is 35.5. The van der Waals surface area contributed by atoms with Crippen LogP contribution >= 0.6 is 23.8 Å². The molecule has 0 radical (unpaired) electrons. The van der Waals surface area contributed by atoms with Gasteiger partial charge in [-0.25, -0.2) is 4.39 Å². The van der Waals surface area contributed by atoms with Crippen molar-refractivity contribution in [3.63, 3.8) is 0 Å². The summed E-state index contributed by atoms with van der Waals surface area (Å²) >= 11 is 11.4. The fraction of sp³-hybridized carbons (Fsp3) is 0.278. The summed E-state index contributed by atoms with van der Waals surface area (Å²) < 4.78 is 16.7. The summed E-state index contributed by atoms with van der Waals surface area (Å²) in [5.41, 5.74) is 3.63. The molecule has 2 aromatic heterocycles. The highest BCUT2D eigenvalue weighted by molar-refractivity contribution is 7.80. The van der Waals surface area contributed by atoms with E-state index in [0.29, 0.717) is 23.2 Å². The molecule has 0 saturated carbocycles. The Labute approximate surface area is 167 Å². The Hall–Kier alpha value is -2.45. The van der Waals surface area contributed by atoms with Gasteiger partial charge in [-0.3, -0.25) is 9.36 Å². The maximum atomic E-state index is 13.1. The molecule has 1 aromatic carbocycles. The van der Waals surface area contributed by atoms with Crippen LogP contribution in [0.1, 0.15) is 23.7 Å². The number of rotatable bonds is 6. The minimum Gasteiger partial charge on any atom is -0.358 e. The lowest BCUT2D eigenvalue weighted by atomic mass is 10.2. The molecule has 0 atom stereocenters. The van der Waals surface area contributed by atoms with Crippen LogP contribution in [0.4, 0.5) is 10.1 Å². The number of halogens is 2. The van der Waals surface area contributed by atoms with Crippen molar-refractivity contribution < 1.29 is 4.39 Å². The molecule has 27 heavy (non-hydrogen) atoms. The lowest BCUT2D eigenvalue weighted by Crippen LogP contribution is -2.27. The van der Waals surface area contributed by atoms with Crippen molar-refractivity contribution in [2.45, 2.75) is 33.5 Å². The quantitative estimate of drug-likeness (QED) is 0.611. The number of nitrogens with zero attached hydrogens (tertiary/aromatic N) is 4. The van der Waals surface area contributed by atoms with Gasteiger partial charge in [0, 0.05) is 36.1 Å². The Morgan fingerprint density at radius 1 is 1.26 bits per heavy atom. The fourth-order valence-electron chi connectivity index (χ4n) is 2.58. The van der Waals surface area contributed by atoms with Crippen molar-refractivity contribution >= 4 is 34.6 Å². The van der Waals surface area contributed by atoms with Gasteiger partial charge in [0.2, 0.25) is 0 Å². The van der Waals surface area contributed by atoms with Gasteiger partial charge < -0.3 is 10.6 Å². The maximum absolute atomic E-state index is 13.1. The fourth-order valence-corrected chi connectivity index (χ4v) is 3.00. The first-order valence-corrected chi connectivity index (χ1v) is 9.27. The SMILES string of the molecule is CCn1cc(CNC(=S)Nc2cnn(Cc3ccc(F)cc3Cl)c2)c(C)n1. The van der Waals surface area contributed by atoms with Crippen LogP contribution in [-0.2, 0) is 19.6 Å². The van der Waals surface area contributed by atoms with E-state index in [0.717, 1.165) is 29.1 Å². The van der Waals surface area contributed by atoms with E-state index >= 15 is 0 Å². The van der Waals surface area contributed by atoms with Crippen LogP contribution in [0, 0.1) is 12.7 Å². The average molecular weight is 407 g/mol. The smallest absolute Gasteiger partial charge is 0.171 e. The van der Waals surface area contributed by atoms with Crippen molar-refractivity contribution in [1.82, 2.24) is 24.9 Å². The summed E-state index contributed by atoms with van der Waals surface area (Å²) in [4.78, 5) is 0. The Balaban J connectivity index is 1.55. The molecule has 142 valence electrons. The predicted molar refractivity (Wildman–Crippen MR) is 108 cm³/mol. The maximum Gasteiger partial charge on any atom is 0.171 e. The molecular weight excluding hydrogens is 387 g/mol. The predicted octanol–water partition coefficient (Wildman–Crippen LogP) is 3.74. The first kappa shape index (κ1) is 19.3. The van der Waals surface area contributed by atoms with Crippen LogP contribution in [0.3, 0.4) is 0 Å². The third-order valence-corrected chi connectivity index (χ3v) is 4.65. The third kappa shape index (κ3) is 5.05. The number of aryl methyl sites for hydroxylation is 2. The zero-order valence-corrected chi connectivity index (χ0v) is 16.6. The second-order valence-electron chi connectivity index (χ2n) is 6.07. The molecule has 2 heterocycles. The molecule has 0 saturated heterocycles. The lowest BCUT2D eigenvalue weighted by Gasteiger charge is -2.08. The number of nitrogens with one attached hydrogen (secondary N) is 2. The highest BCUT2D eigenvalue weighted by Gasteiger charge is 2.07. The van der Waals surface area contributed by atoms with Crippen molar-refractivity contribution in [1.29, 1.82) is 0 Å². The van der Waals surface area contributed by atoms with E-state index in [1.807, 2.05) is 30.9 Å². The highest BCUT2D eigenvalue weighted by Crippen LogP contribution is 2.18. The van der Waals surface area contributed by atoms with E-state index in [2.05, 4.69) is 20.8 Å². The number of hydrogen-bond acceptors (Lipinski definition) is 3. The van der Waals surface area contributed by atoms with Crippen LogP contribution in [0.2, 0.25) is 5.02 Å². The van der Waals surface area contributed by atoms with E-state index < -0.39 is 0 Å².